The molecule has 1 rings (SSSR count). The van der Waals surface area contributed by atoms with E-state index in [0.29, 0.717) is 10.6 Å². The van der Waals surface area contributed by atoms with Crippen LogP contribution in [-0.4, -0.2) is 20.4 Å². The Morgan fingerprint density at radius 2 is 2.00 bits per heavy atom. The van der Waals surface area contributed by atoms with Gasteiger partial charge >= 0.3 is 0 Å². The minimum Gasteiger partial charge on any atom is -0.394 e. The lowest BCUT2D eigenvalue weighted by Crippen LogP contribution is -1.96. The van der Waals surface area contributed by atoms with Crippen LogP contribution in [0.2, 0.25) is 5.02 Å². The maximum atomic E-state index is 10.8. The van der Waals surface area contributed by atoms with Crippen LogP contribution in [0.25, 0.3) is 6.08 Å². The fourth-order valence-corrected chi connectivity index (χ4v) is 1.48. The predicted octanol–water partition coefficient (Wildman–Crippen LogP) is 2.38. The molecule has 80 valence electrons. The molecule has 0 heterocycles. The predicted molar refractivity (Wildman–Crippen MR) is 64.5 cm³/mol. The molecule has 0 amide bonds. The van der Waals surface area contributed by atoms with E-state index in [9.17, 15) is 4.79 Å². The molecule has 15 heavy (non-hydrogen) atoms. The van der Waals surface area contributed by atoms with Crippen molar-refractivity contribution in [2.45, 2.75) is 0 Å². The first-order valence-corrected chi connectivity index (χ1v) is 4.91. The number of aldehydes is 1. The second-order valence-corrected chi connectivity index (χ2v) is 3.36. The van der Waals surface area contributed by atoms with Crippen molar-refractivity contribution in [3.05, 3.63) is 34.5 Å². The lowest BCUT2D eigenvalue weighted by molar-refractivity contribution is 0.112. The van der Waals surface area contributed by atoms with E-state index in [-0.39, 0.29) is 0 Å². The number of carbonyl (C=O) groups excluding carboxylic acids is 1. The van der Waals surface area contributed by atoms with Crippen LogP contribution in [0.1, 0.15) is 15.9 Å². The summed E-state index contributed by atoms with van der Waals surface area (Å²) in [6.07, 6.45) is 4.37. The highest BCUT2D eigenvalue weighted by molar-refractivity contribution is 6.33. The number of carbonyl (C=O) groups is 1. The molecule has 1 aromatic rings. The largest absolute Gasteiger partial charge is 0.394 e. The monoisotopic (exact) mass is 224 g/mol. The van der Waals surface area contributed by atoms with Gasteiger partial charge in [0.1, 0.15) is 0 Å². The first kappa shape index (κ1) is 11.6. The van der Waals surface area contributed by atoms with Gasteiger partial charge in [-0.05, 0) is 30.0 Å². The first-order valence-electron chi connectivity index (χ1n) is 4.53. The average molecular weight is 225 g/mol. The highest BCUT2D eigenvalue weighted by Crippen LogP contribution is 2.25. The van der Waals surface area contributed by atoms with Gasteiger partial charge in [-0.3, -0.25) is 4.79 Å². The fourth-order valence-electron chi connectivity index (χ4n) is 1.22. The van der Waals surface area contributed by atoms with E-state index in [1.807, 2.05) is 12.1 Å². The van der Waals surface area contributed by atoms with Gasteiger partial charge in [0.2, 0.25) is 0 Å². The summed E-state index contributed by atoms with van der Waals surface area (Å²) in [5, 5.41) is 6.37. The summed E-state index contributed by atoms with van der Waals surface area (Å²) >= 11 is 5.95. The maximum Gasteiger partial charge on any atom is 0.150 e. The lowest BCUT2D eigenvalue weighted by Gasteiger charge is -2.07. The van der Waals surface area contributed by atoms with E-state index in [2.05, 4.69) is 10.6 Å². The molecule has 0 fully saturated rings. The van der Waals surface area contributed by atoms with Gasteiger partial charge in [-0.15, -0.1) is 0 Å². The van der Waals surface area contributed by atoms with Crippen molar-refractivity contribution in [3.63, 3.8) is 0 Å². The molecule has 0 atom stereocenters. The van der Waals surface area contributed by atoms with Crippen LogP contribution in [0.3, 0.4) is 0 Å². The molecule has 3 nitrogen and oxygen atoms in total. The van der Waals surface area contributed by atoms with Gasteiger partial charge in [0.25, 0.3) is 0 Å². The van der Waals surface area contributed by atoms with Gasteiger partial charge in [0.15, 0.2) is 6.29 Å². The minimum absolute atomic E-state index is 0.543. The molecule has 0 aliphatic rings. The molecule has 0 bridgehead atoms. The van der Waals surface area contributed by atoms with E-state index in [1.165, 1.54) is 0 Å². The van der Waals surface area contributed by atoms with Crippen LogP contribution in [0.15, 0.2) is 18.3 Å². The third kappa shape index (κ3) is 2.73. The summed E-state index contributed by atoms with van der Waals surface area (Å²) in [5.41, 5.74) is 2.21. The standard InChI is InChI=1S/C11H13ClN2O/c1-13-4-3-8-6-11(14-2)10(12)5-9(8)7-15/h3-7,13-14H,1-2H3/b4-3-. The van der Waals surface area contributed by atoms with Crippen LogP contribution in [0.4, 0.5) is 5.69 Å². The highest BCUT2D eigenvalue weighted by atomic mass is 35.5. The zero-order chi connectivity index (χ0) is 11.3. The Morgan fingerprint density at radius 1 is 1.27 bits per heavy atom. The van der Waals surface area contributed by atoms with E-state index in [0.717, 1.165) is 17.5 Å². The number of nitrogens with one attached hydrogen (secondary N) is 2. The van der Waals surface area contributed by atoms with Crippen LogP contribution in [0, 0.1) is 0 Å². The van der Waals surface area contributed by atoms with Gasteiger partial charge in [-0.2, -0.15) is 0 Å². The molecule has 0 aromatic heterocycles. The molecule has 0 spiro atoms. The van der Waals surface area contributed by atoms with Crippen molar-refractivity contribution < 1.29 is 4.79 Å². The SMILES string of the molecule is CN/C=C\c1cc(NC)c(Cl)cc1C=O. The van der Waals surface area contributed by atoms with Gasteiger partial charge < -0.3 is 10.6 Å². The Labute approximate surface area is 94.1 Å². The van der Waals surface area contributed by atoms with E-state index in [4.69, 9.17) is 11.6 Å². The normalized spacial score (nSPS) is 10.3. The summed E-state index contributed by atoms with van der Waals surface area (Å²) in [6, 6.07) is 3.48. The van der Waals surface area contributed by atoms with Gasteiger partial charge in [-0.25, -0.2) is 0 Å². The van der Waals surface area contributed by atoms with Crippen molar-refractivity contribution in [1.29, 1.82) is 0 Å². The van der Waals surface area contributed by atoms with Crippen molar-refractivity contribution >= 4 is 29.7 Å². The summed E-state index contributed by atoms with van der Waals surface area (Å²) in [6.45, 7) is 0. The minimum atomic E-state index is 0.543. The molecule has 0 saturated carbocycles. The number of rotatable bonds is 4. The van der Waals surface area contributed by atoms with Crippen LogP contribution in [-0.2, 0) is 0 Å². The number of anilines is 1. The van der Waals surface area contributed by atoms with Gasteiger partial charge in [-0.1, -0.05) is 11.6 Å². The van der Waals surface area contributed by atoms with Gasteiger partial charge in [0, 0.05) is 19.7 Å². The van der Waals surface area contributed by atoms with E-state index < -0.39 is 0 Å². The molecule has 4 heteroatoms. The molecule has 1 aromatic carbocycles. The maximum absolute atomic E-state index is 10.8. The second kappa shape index (κ2) is 5.41. The van der Waals surface area contributed by atoms with Crippen LogP contribution < -0.4 is 10.6 Å². The van der Waals surface area contributed by atoms with Crippen molar-refractivity contribution in [1.82, 2.24) is 5.32 Å². The molecule has 0 aliphatic heterocycles. The Bertz CT molecular complexity index is 388. The molecule has 0 aliphatic carbocycles. The number of halogens is 1. The number of benzene rings is 1. The average Bonchev–Trinajstić information content (AvgIpc) is 2.26. The summed E-state index contributed by atoms with van der Waals surface area (Å²) in [4.78, 5) is 10.8. The molecular weight excluding hydrogens is 212 g/mol. The zero-order valence-corrected chi connectivity index (χ0v) is 9.43. The molecule has 0 unspecified atom stereocenters. The smallest absolute Gasteiger partial charge is 0.150 e. The van der Waals surface area contributed by atoms with Crippen molar-refractivity contribution in [2.75, 3.05) is 19.4 Å². The second-order valence-electron chi connectivity index (χ2n) is 2.95. The Balaban J connectivity index is 3.22. The topological polar surface area (TPSA) is 41.1 Å². The third-order valence-electron chi connectivity index (χ3n) is 2.00. The quantitative estimate of drug-likeness (QED) is 0.772. The Kier molecular flexibility index (Phi) is 4.18. The van der Waals surface area contributed by atoms with Gasteiger partial charge in [0.05, 0.1) is 10.7 Å². The summed E-state index contributed by atoms with van der Waals surface area (Å²) in [7, 11) is 3.58. The molecular formula is C11H13ClN2O. The Morgan fingerprint density at radius 3 is 2.53 bits per heavy atom. The number of hydrogen-bond acceptors (Lipinski definition) is 3. The lowest BCUT2D eigenvalue weighted by atomic mass is 10.1. The van der Waals surface area contributed by atoms with Crippen molar-refractivity contribution in [2.24, 2.45) is 0 Å². The Hall–Kier alpha value is -1.48. The molecule has 0 saturated heterocycles. The molecule has 2 N–H and O–H groups in total. The van der Waals surface area contributed by atoms with E-state index in [1.54, 1.807) is 26.4 Å². The zero-order valence-electron chi connectivity index (χ0n) is 8.67. The van der Waals surface area contributed by atoms with Crippen LogP contribution >= 0.6 is 11.6 Å². The van der Waals surface area contributed by atoms with Crippen LogP contribution in [0.5, 0.6) is 0 Å². The molecule has 0 radical (unpaired) electrons. The summed E-state index contributed by atoms with van der Waals surface area (Å²) in [5.74, 6) is 0. The fraction of sp³-hybridized carbons (Fsp3) is 0.182. The summed E-state index contributed by atoms with van der Waals surface area (Å²) < 4.78 is 0. The third-order valence-corrected chi connectivity index (χ3v) is 2.31. The highest BCUT2D eigenvalue weighted by Gasteiger charge is 2.04. The van der Waals surface area contributed by atoms with E-state index >= 15 is 0 Å². The first-order chi connectivity index (χ1) is 7.22. The van der Waals surface area contributed by atoms with Crippen molar-refractivity contribution in [3.8, 4) is 0 Å². The number of hydrogen-bond donors (Lipinski definition) is 2.